The number of hydrogen-bond donors (Lipinski definition) is 1. The summed E-state index contributed by atoms with van der Waals surface area (Å²) in [5.41, 5.74) is 9.53. The molecule has 0 amide bonds. The molecule has 1 N–H and O–H groups in total. The van der Waals surface area contributed by atoms with Gasteiger partial charge in [0.05, 0.1) is 15.9 Å². The Hall–Kier alpha value is -4.72. The second-order valence-electron chi connectivity index (χ2n) is 11.0. The predicted molar refractivity (Wildman–Crippen MR) is 176 cm³/mol. The van der Waals surface area contributed by atoms with Gasteiger partial charge in [-0.15, -0.1) is 0 Å². The van der Waals surface area contributed by atoms with Crippen LogP contribution in [0.4, 0.5) is 17.1 Å². The summed E-state index contributed by atoms with van der Waals surface area (Å²) in [4.78, 5) is 4.71. The van der Waals surface area contributed by atoms with E-state index in [1.54, 1.807) is 18.2 Å². The molecule has 1 heterocycles. The zero-order chi connectivity index (χ0) is 31.0. The molecule has 44 heavy (non-hydrogen) atoms. The van der Waals surface area contributed by atoms with Crippen molar-refractivity contribution < 1.29 is 17.4 Å². The van der Waals surface area contributed by atoms with Crippen molar-refractivity contribution >= 4 is 38.1 Å². The number of nitrogens with one attached hydrogen (secondary N) is 1. The highest BCUT2D eigenvalue weighted by atomic mass is 32.2. The molecule has 222 valence electrons. The van der Waals surface area contributed by atoms with Crippen LogP contribution in [0.1, 0.15) is 36.1 Å². The smallest absolute Gasteiger partial charge is 0.137 e. The van der Waals surface area contributed by atoms with Crippen LogP contribution in [0, 0.1) is 13.8 Å². The summed E-state index contributed by atoms with van der Waals surface area (Å²) in [6, 6.07) is 30.1. The van der Waals surface area contributed by atoms with E-state index in [4.69, 9.17) is 9.41 Å². The van der Waals surface area contributed by atoms with E-state index >= 15 is 0 Å². The highest BCUT2D eigenvalue weighted by Gasteiger charge is 2.21. The normalized spacial score (nSPS) is 12.2. The summed E-state index contributed by atoms with van der Waals surface area (Å²) in [6.07, 6.45) is 1.73. The summed E-state index contributed by atoms with van der Waals surface area (Å²) in [5.74, 6) is 0.528. The van der Waals surface area contributed by atoms with Crippen molar-refractivity contribution in [3.63, 3.8) is 0 Å². The first kappa shape index (κ1) is 29.4. The van der Waals surface area contributed by atoms with Gasteiger partial charge in [0.25, 0.3) is 0 Å². The Labute approximate surface area is 257 Å². The topological polar surface area (TPSA) is 94.7 Å². The second-order valence-corrected chi connectivity index (χ2v) is 12.3. The van der Waals surface area contributed by atoms with Crippen LogP contribution in [0.25, 0.3) is 33.4 Å². The maximum absolute atomic E-state index is 12.4. The summed E-state index contributed by atoms with van der Waals surface area (Å²) in [7, 11) is -4.75. The van der Waals surface area contributed by atoms with Crippen LogP contribution in [-0.4, -0.2) is 13.0 Å². The van der Waals surface area contributed by atoms with E-state index in [-0.39, 0.29) is 4.90 Å². The maximum atomic E-state index is 12.4. The Morgan fingerprint density at radius 3 is 2.25 bits per heavy atom. The SMILES string of the molecule is CCc1cccc(C)c1N=c1ccc2c(-c3ccccc3S(=O)(=O)[O-])c3ccc(Nc4c(C)cccc4CC)cc3oc-2c1. The number of anilines is 2. The quantitative estimate of drug-likeness (QED) is 0.146. The molecule has 0 saturated carbocycles. The van der Waals surface area contributed by atoms with Crippen LogP contribution in [0.3, 0.4) is 0 Å². The van der Waals surface area contributed by atoms with E-state index < -0.39 is 10.1 Å². The first-order valence-electron chi connectivity index (χ1n) is 14.7. The molecule has 1 aliphatic carbocycles. The lowest BCUT2D eigenvalue weighted by Gasteiger charge is -2.20. The molecule has 0 unspecified atom stereocenters. The first-order valence-corrected chi connectivity index (χ1v) is 16.1. The standard InChI is InChI=1S/C37H34N2O4S/c1-5-25-13-9-11-23(3)36(25)38-27-17-19-29-32(21-27)43-33-22-28(39-37-24(4)12-10-14-26(37)6-2)18-20-30(33)35(29)31-15-7-8-16-34(31)44(40,41)42/h7-22,38H,5-6H2,1-4H3,(H,40,41,42)/p-1. The van der Waals surface area contributed by atoms with E-state index in [9.17, 15) is 13.0 Å². The first-order chi connectivity index (χ1) is 21.2. The van der Waals surface area contributed by atoms with Gasteiger partial charge in [-0.05, 0) is 79.3 Å². The molecule has 6 rings (SSSR count). The second kappa shape index (κ2) is 11.8. The molecule has 4 aromatic carbocycles. The summed E-state index contributed by atoms with van der Waals surface area (Å²) in [5, 5.41) is 4.97. The third-order valence-corrected chi connectivity index (χ3v) is 8.98. The molecule has 0 fully saturated rings. The Kier molecular flexibility index (Phi) is 7.84. The van der Waals surface area contributed by atoms with E-state index in [0.717, 1.165) is 46.6 Å². The van der Waals surface area contributed by atoms with Gasteiger partial charge in [0.15, 0.2) is 0 Å². The average Bonchev–Trinajstić information content (AvgIpc) is 3.01. The van der Waals surface area contributed by atoms with Crippen molar-refractivity contribution in [2.45, 2.75) is 45.4 Å². The molecule has 0 spiro atoms. The molecule has 4 aromatic rings. The molecule has 1 aliphatic heterocycles. The van der Waals surface area contributed by atoms with Gasteiger partial charge in [0, 0.05) is 45.6 Å². The fourth-order valence-electron chi connectivity index (χ4n) is 5.85. The number of fused-ring (bicyclic) bond motifs is 2. The molecule has 0 bridgehead atoms. The molecule has 2 aliphatic rings. The molecule has 0 atom stereocenters. The minimum atomic E-state index is -4.75. The highest BCUT2D eigenvalue weighted by molar-refractivity contribution is 7.85. The summed E-state index contributed by atoms with van der Waals surface area (Å²) in [6.45, 7) is 8.35. The van der Waals surface area contributed by atoms with Crippen molar-refractivity contribution in [2.75, 3.05) is 5.32 Å². The Morgan fingerprint density at radius 1 is 0.773 bits per heavy atom. The molecular formula is C37H33N2O4S-. The van der Waals surface area contributed by atoms with Gasteiger partial charge >= 0.3 is 0 Å². The van der Waals surface area contributed by atoms with Gasteiger partial charge < -0.3 is 14.3 Å². The number of hydrogen-bond acceptors (Lipinski definition) is 6. The molecule has 0 aromatic heterocycles. The Morgan fingerprint density at radius 2 is 1.50 bits per heavy atom. The maximum Gasteiger partial charge on any atom is 0.137 e. The average molecular weight is 602 g/mol. The van der Waals surface area contributed by atoms with Crippen LogP contribution in [0.5, 0.6) is 0 Å². The van der Waals surface area contributed by atoms with Gasteiger partial charge in [-0.3, -0.25) is 0 Å². The van der Waals surface area contributed by atoms with Crippen LogP contribution >= 0.6 is 0 Å². The van der Waals surface area contributed by atoms with Crippen molar-refractivity contribution in [3.8, 4) is 22.5 Å². The van der Waals surface area contributed by atoms with Crippen molar-refractivity contribution in [1.82, 2.24) is 0 Å². The fourth-order valence-corrected chi connectivity index (χ4v) is 6.53. The minimum Gasteiger partial charge on any atom is -0.744 e. The van der Waals surface area contributed by atoms with Crippen LogP contribution < -0.4 is 10.7 Å². The van der Waals surface area contributed by atoms with Gasteiger partial charge in [0.2, 0.25) is 0 Å². The molecular weight excluding hydrogens is 568 g/mol. The Bertz CT molecular complexity index is 2180. The number of nitrogens with zero attached hydrogens (tertiary/aromatic N) is 1. The zero-order valence-electron chi connectivity index (χ0n) is 25.1. The lowest BCUT2D eigenvalue weighted by atomic mass is 9.93. The fraction of sp³-hybridized carbons (Fsp3) is 0.162. The van der Waals surface area contributed by atoms with E-state index in [2.05, 4.69) is 50.4 Å². The van der Waals surface area contributed by atoms with Crippen LogP contribution in [-0.2, 0) is 23.0 Å². The lowest BCUT2D eigenvalue weighted by Crippen LogP contribution is -2.05. The Balaban J connectivity index is 1.63. The van der Waals surface area contributed by atoms with Crippen molar-refractivity contribution in [3.05, 3.63) is 125 Å². The minimum absolute atomic E-state index is 0.273. The van der Waals surface area contributed by atoms with Crippen LogP contribution in [0.2, 0.25) is 0 Å². The van der Waals surface area contributed by atoms with Gasteiger partial charge in [0.1, 0.15) is 21.5 Å². The largest absolute Gasteiger partial charge is 0.744 e. The lowest BCUT2D eigenvalue weighted by molar-refractivity contribution is 0.463. The molecule has 7 heteroatoms. The van der Waals surface area contributed by atoms with Crippen molar-refractivity contribution in [2.24, 2.45) is 4.99 Å². The van der Waals surface area contributed by atoms with Gasteiger partial charge in [-0.1, -0.05) is 68.4 Å². The van der Waals surface area contributed by atoms with E-state index in [1.807, 2.05) is 55.5 Å². The summed E-state index contributed by atoms with van der Waals surface area (Å²) < 4.78 is 43.7. The van der Waals surface area contributed by atoms with Gasteiger partial charge in [-0.25, -0.2) is 13.4 Å². The van der Waals surface area contributed by atoms with E-state index in [1.165, 1.54) is 11.6 Å². The van der Waals surface area contributed by atoms with Gasteiger partial charge in [-0.2, -0.15) is 0 Å². The summed E-state index contributed by atoms with van der Waals surface area (Å²) >= 11 is 0. The predicted octanol–water partition coefficient (Wildman–Crippen LogP) is 8.83. The molecule has 6 nitrogen and oxygen atoms in total. The number of para-hydroxylation sites is 2. The van der Waals surface area contributed by atoms with E-state index in [0.29, 0.717) is 38.8 Å². The molecule has 0 radical (unpaired) electrons. The number of aryl methyl sites for hydroxylation is 4. The zero-order valence-corrected chi connectivity index (χ0v) is 26.0. The number of benzene rings is 5. The monoisotopic (exact) mass is 601 g/mol. The van der Waals surface area contributed by atoms with Crippen molar-refractivity contribution in [1.29, 1.82) is 0 Å². The van der Waals surface area contributed by atoms with Crippen LogP contribution in [0.15, 0.2) is 111 Å². The third-order valence-electron chi connectivity index (χ3n) is 8.08. The highest BCUT2D eigenvalue weighted by Crippen LogP contribution is 2.43. The third kappa shape index (κ3) is 5.52. The molecule has 0 saturated heterocycles. The number of rotatable bonds is 7.